The number of nitrogens with one attached hydrogen (secondary N) is 1. The highest BCUT2D eigenvalue weighted by Gasteiger charge is 2.24. The van der Waals surface area contributed by atoms with Crippen LogP contribution in [0.5, 0.6) is 0 Å². The van der Waals surface area contributed by atoms with Crippen LogP contribution >= 0.6 is 11.8 Å². The van der Waals surface area contributed by atoms with E-state index in [9.17, 15) is 10.1 Å². The molecule has 132 valence electrons. The first-order valence-corrected chi connectivity index (χ1v) is 8.83. The lowest BCUT2D eigenvalue weighted by atomic mass is 10.1. The molecule has 1 heterocycles. The van der Waals surface area contributed by atoms with Crippen molar-refractivity contribution in [3.05, 3.63) is 75.6 Å². The second-order valence-corrected chi connectivity index (χ2v) is 7.11. The molecule has 0 bridgehead atoms. The Morgan fingerprint density at radius 3 is 2.23 bits per heavy atom. The zero-order valence-corrected chi connectivity index (χ0v) is 15.5. The Hall–Kier alpha value is -2.93. The lowest BCUT2D eigenvalue weighted by Gasteiger charge is -2.10. The number of nitro groups is 1. The van der Waals surface area contributed by atoms with Crippen LogP contribution in [0.15, 0.2) is 58.7 Å². The van der Waals surface area contributed by atoms with Crippen LogP contribution in [0.1, 0.15) is 16.7 Å². The van der Waals surface area contributed by atoms with Crippen molar-refractivity contribution < 1.29 is 4.92 Å². The van der Waals surface area contributed by atoms with E-state index in [0.717, 1.165) is 27.3 Å². The summed E-state index contributed by atoms with van der Waals surface area (Å²) in [5, 5.41) is 15.1. The minimum Gasteiger partial charge on any atom is -0.334 e. The number of anilines is 2. The van der Waals surface area contributed by atoms with Gasteiger partial charge in [0.15, 0.2) is 5.03 Å². The van der Waals surface area contributed by atoms with Crippen LogP contribution in [0.4, 0.5) is 17.2 Å². The second-order valence-electron chi connectivity index (χ2n) is 6.05. The van der Waals surface area contributed by atoms with E-state index >= 15 is 0 Å². The molecular weight excluding hydrogens is 348 g/mol. The van der Waals surface area contributed by atoms with E-state index in [4.69, 9.17) is 0 Å². The molecule has 3 aromatic rings. The molecule has 0 aliphatic rings. The fourth-order valence-corrected chi connectivity index (χ4v) is 3.46. The van der Waals surface area contributed by atoms with E-state index in [1.54, 1.807) is 0 Å². The van der Waals surface area contributed by atoms with Crippen LogP contribution in [0.2, 0.25) is 0 Å². The summed E-state index contributed by atoms with van der Waals surface area (Å²) in [4.78, 5) is 20.3. The van der Waals surface area contributed by atoms with Gasteiger partial charge in [-0.3, -0.25) is 10.1 Å². The minimum absolute atomic E-state index is 0.128. The van der Waals surface area contributed by atoms with Crippen molar-refractivity contribution in [2.75, 3.05) is 5.32 Å². The Bertz CT molecular complexity index is 938. The maximum absolute atomic E-state index is 11.7. The standard InChI is InChI=1S/C19H18N4O2S/c1-12-4-6-16(7-5-12)26-19-17(23(24)25)18(20-11-21-19)22-15-9-13(2)8-14(3)10-15/h4-11H,1-3H3,(H,20,21,22). The Balaban J connectivity index is 1.98. The van der Waals surface area contributed by atoms with Crippen molar-refractivity contribution >= 4 is 29.0 Å². The van der Waals surface area contributed by atoms with E-state index in [2.05, 4.69) is 15.3 Å². The average Bonchev–Trinajstić information content (AvgIpc) is 2.56. The lowest BCUT2D eigenvalue weighted by Crippen LogP contribution is -2.03. The van der Waals surface area contributed by atoms with E-state index in [1.807, 2.05) is 63.2 Å². The molecule has 1 N–H and O–H groups in total. The smallest absolute Gasteiger partial charge is 0.334 e. The molecule has 26 heavy (non-hydrogen) atoms. The molecule has 3 rings (SSSR count). The maximum atomic E-state index is 11.7. The Kier molecular flexibility index (Phi) is 5.18. The van der Waals surface area contributed by atoms with Crippen LogP contribution < -0.4 is 5.32 Å². The first-order chi connectivity index (χ1) is 12.4. The summed E-state index contributed by atoms with van der Waals surface area (Å²) in [6.07, 6.45) is 1.34. The van der Waals surface area contributed by atoms with Crippen LogP contribution in [0.3, 0.4) is 0 Å². The van der Waals surface area contributed by atoms with Crippen LogP contribution in [-0.4, -0.2) is 14.9 Å². The van der Waals surface area contributed by atoms with Gasteiger partial charge in [0.25, 0.3) is 0 Å². The zero-order chi connectivity index (χ0) is 18.7. The van der Waals surface area contributed by atoms with E-state index in [1.165, 1.54) is 18.1 Å². The van der Waals surface area contributed by atoms with Crippen molar-refractivity contribution in [2.24, 2.45) is 0 Å². The fraction of sp³-hybridized carbons (Fsp3) is 0.158. The number of rotatable bonds is 5. The Labute approximate surface area is 155 Å². The molecular formula is C19H18N4O2S. The summed E-state index contributed by atoms with van der Waals surface area (Å²) in [6.45, 7) is 5.95. The molecule has 0 aliphatic carbocycles. The van der Waals surface area contributed by atoms with Gasteiger partial charge in [-0.1, -0.05) is 35.5 Å². The SMILES string of the molecule is Cc1ccc(Sc2ncnc(Nc3cc(C)cc(C)c3)c2[N+](=O)[O-])cc1. The van der Waals surface area contributed by atoms with E-state index < -0.39 is 4.92 Å². The second kappa shape index (κ2) is 7.53. The predicted molar refractivity (Wildman–Crippen MR) is 103 cm³/mol. The van der Waals surface area contributed by atoms with Gasteiger partial charge in [0, 0.05) is 10.6 Å². The predicted octanol–water partition coefficient (Wildman–Crippen LogP) is 5.20. The van der Waals surface area contributed by atoms with Gasteiger partial charge >= 0.3 is 5.69 Å². The molecule has 6 nitrogen and oxygen atoms in total. The molecule has 0 fully saturated rings. The van der Waals surface area contributed by atoms with Crippen molar-refractivity contribution in [1.29, 1.82) is 0 Å². The lowest BCUT2D eigenvalue weighted by molar-refractivity contribution is -0.387. The Morgan fingerprint density at radius 1 is 0.962 bits per heavy atom. The van der Waals surface area contributed by atoms with Gasteiger partial charge in [0.2, 0.25) is 5.82 Å². The quantitative estimate of drug-likeness (QED) is 0.379. The number of benzene rings is 2. The summed E-state index contributed by atoms with van der Waals surface area (Å²) in [5.74, 6) is 0.185. The molecule has 0 saturated heterocycles. The summed E-state index contributed by atoms with van der Waals surface area (Å²) in [5.41, 5.74) is 3.90. The molecule has 0 aliphatic heterocycles. The topological polar surface area (TPSA) is 81.0 Å². The van der Waals surface area contributed by atoms with Gasteiger partial charge in [-0.25, -0.2) is 9.97 Å². The third-order valence-electron chi connectivity index (χ3n) is 3.69. The monoisotopic (exact) mass is 366 g/mol. The van der Waals surface area contributed by atoms with Gasteiger partial charge in [0.05, 0.1) is 4.92 Å². The molecule has 0 unspecified atom stereocenters. The number of nitrogens with zero attached hydrogens (tertiary/aromatic N) is 3. The summed E-state index contributed by atoms with van der Waals surface area (Å²) in [6, 6.07) is 13.6. The zero-order valence-electron chi connectivity index (χ0n) is 14.7. The first-order valence-electron chi connectivity index (χ1n) is 8.01. The molecule has 0 atom stereocenters. The maximum Gasteiger partial charge on any atom is 0.343 e. The van der Waals surface area contributed by atoms with Crippen molar-refractivity contribution in [2.45, 2.75) is 30.7 Å². The molecule has 0 saturated carbocycles. The van der Waals surface area contributed by atoms with Gasteiger partial charge in [0.1, 0.15) is 6.33 Å². The molecule has 0 spiro atoms. The van der Waals surface area contributed by atoms with Gasteiger partial charge in [-0.15, -0.1) is 0 Å². The fourth-order valence-electron chi connectivity index (χ4n) is 2.59. The van der Waals surface area contributed by atoms with Gasteiger partial charge in [-0.2, -0.15) is 0 Å². The van der Waals surface area contributed by atoms with Crippen molar-refractivity contribution in [3.8, 4) is 0 Å². The average molecular weight is 366 g/mol. The summed E-state index contributed by atoms with van der Waals surface area (Å²) >= 11 is 1.25. The minimum atomic E-state index is -0.443. The third-order valence-corrected chi connectivity index (χ3v) is 4.69. The third kappa shape index (κ3) is 4.18. The first kappa shape index (κ1) is 17.9. The number of hydrogen-bond acceptors (Lipinski definition) is 6. The van der Waals surface area contributed by atoms with E-state index in [0.29, 0.717) is 5.03 Å². The molecule has 7 heteroatoms. The molecule has 1 aromatic heterocycles. The number of hydrogen-bond donors (Lipinski definition) is 1. The normalized spacial score (nSPS) is 10.6. The molecule has 0 amide bonds. The highest BCUT2D eigenvalue weighted by molar-refractivity contribution is 7.99. The highest BCUT2D eigenvalue weighted by atomic mass is 32.2. The van der Waals surface area contributed by atoms with Crippen LogP contribution in [-0.2, 0) is 0 Å². The Morgan fingerprint density at radius 2 is 1.62 bits per heavy atom. The van der Waals surface area contributed by atoms with Crippen LogP contribution in [0.25, 0.3) is 0 Å². The van der Waals surface area contributed by atoms with Gasteiger partial charge in [-0.05, 0) is 56.2 Å². The van der Waals surface area contributed by atoms with Crippen molar-refractivity contribution in [3.63, 3.8) is 0 Å². The van der Waals surface area contributed by atoms with Crippen molar-refractivity contribution in [1.82, 2.24) is 9.97 Å². The van der Waals surface area contributed by atoms with E-state index in [-0.39, 0.29) is 11.5 Å². The van der Waals surface area contributed by atoms with Gasteiger partial charge < -0.3 is 5.32 Å². The van der Waals surface area contributed by atoms with Crippen LogP contribution in [0, 0.1) is 30.9 Å². The molecule has 0 radical (unpaired) electrons. The number of aromatic nitrogens is 2. The summed E-state index contributed by atoms with van der Waals surface area (Å²) in [7, 11) is 0. The summed E-state index contributed by atoms with van der Waals surface area (Å²) < 4.78 is 0. The number of aryl methyl sites for hydroxylation is 3. The molecule has 2 aromatic carbocycles. The highest BCUT2D eigenvalue weighted by Crippen LogP contribution is 2.37. The largest absolute Gasteiger partial charge is 0.343 e.